The number of halogens is 1. The van der Waals surface area contributed by atoms with Crippen molar-refractivity contribution >= 4 is 28.5 Å². The number of carbonyl (C=O) groups is 1. The fourth-order valence-electron chi connectivity index (χ4n) is 3.33. The van der Waals surface area contributed by atoms with Crippen LogP contribution in [0.15, 0.2) is 30.3 Å². The first-order valence-corrected chi connectivity index (χ1v) is 9.42. The highest BCUT2D eigenvalue weighted by atomic mass is 35.5. The molecular formula is C21H24ClN3O3. The standard InChI is InChI=1S/C21H24ClN3O3/c1-12-23-19-17(25(12)4)11-15(21(28)24(2)3)13(20(19)27)9-10-18(26)14-7-5-6-8-16(14)22/h5-8,11,18,26-27H,9-10H2,1-4H3/t18-/m1/s1. The molecule has 1 heterocycles. The number of phenolic OH excluding ortho intramolecular Hbond substituents is 1. The molecule has 0 spiro atoms. The summed E-state index contributed by atoms with van der Waals surface area (Å²) < 4.78 is 1.84. The van der Waals surface area contributed by atoms with Crippen molar-refractivity contribution in [3.63, 3.8) is 0 Å². The Morgan fingerprint density at radius 2 is 2.00 bits per heavy atom. The molecule has 0 saturated heterocycles. The molecule has 0 aliphatic heterocycles. The molecule has 2 N–H and O–H groups in total. The van der Waals surface area contributed by atoms with Gasteiger partial charge in [-0.3, -0.25) is 4.79 Å². The third-order valence-electron chi connectivity index (χ3n) is 5.05. The van der Waals surface area contributed by atoms with Gasteiger partial charge in [0.2, 0.25) is 0 Å². The van der Waals surface area contributed by atoms with Crippen LogP contribution in [0.4, 0.5) is 0 Å². The Hall–Kier alpha value is -2.57. The van der Waals surface area contributed by atoms with Crippen LogP contribution in [0.5, 0.6) is 5.75 Å². The lowest BCUT2D eigenvalue weighted by Gasteiger charge is -2.18. The highest BCUT2D eigenvalue weighted by Crippen LogP contribution is 2.35. The molecule has 2 aromatic carbocycles. The van der Waals surface area contributed by atoms with E-state index in [1.807, 2.05) is 24.6 Å². The number of aromatic nitrogens is 2. The van der Waals surface area contributed by atoms with Gasteiger partial charge >= 0.3 is 0 Å². The Labute approximate surface area is 169 Å². The number of benzene rings is 2. The highest BCUT2D eigenvalue weighted by molar-refractivity contribution is 6.31. The van der Waals surface area contributed by atoms with Gasteiger partial charge in [0.25, 0.3) is 5.91 Å². The van der Waals surface area contributed by atoms with Gasteiger partial charge in [0.15, 0.2) is 0 Å². The third-order valence-corrected chi connectivity index (χ3v) is 5.39. The van der Waals surface area contributed by atoms with E-state index < -0.39 is 6.10 Å². The van der Waals surface area contributed by atoms with Gasteiger partial charge < -0.3 is 19.7 Å². The van der Waals surface area contributed by atoms with Crippen LogP contribution in [0, 0.1) is 6.92 Å². The largest absolute Gasteiger partial charge is 0.505 e. The lowest BCUT2D eigenvalue weighted by molar-refractivity contribution is 0.0825. The summed E-state index contributed by atoms with van der Waals surface area (Å²) in [5, 5.41) is 21.9. The zero-order chi connectivity index (χ0) is 20.6. The smallest absolute Gasteiger partial charge is 0.253 e. The van der Waals surface area contributed by atoms with Crippen LogP contribution in [-0.4, -0.2) is 44.7 Å². The van der Waals surface area contributed by atoms with E-state index >= 15 is 0 Å². The topological polar surface area (TPSA) is 78.6 Å². The normalized spacial score (nSPS) is 12.4. The minimum Gasteiger partial charge on any atom is -0.505 e. The monoisotopic (exact) mass is 401 g/mol. The van der Waals surface area contributed by atoms with Crippen LogP contribution >= 0.6 is 11.6 Å². The third kappa shape index (κ3) is 3.57. The van der Waals surface area contributed by atoms with Gasteiger partial charge in [-0.2, -0.15) is 0 Å². The summed E-state index contributed by atoms with van der Waals surface area (Å²) in [4.78, 5) is 18.6. The molecule has 0 saturated carbocycles. The molecule has 3 rings (SSSR count). The predicted octanol–water partition coefficient (Wildman–Crippen LogP) is 3.61. The molecular weight excluding hydrogens is 378 g/mol. The highest BCUT2D eigenvalue weighted by Gasteiger charge is 2.23. The zero-order valence-corrected chi connectivity index (χ0v) is 17.2. The second-order valence-electron chi connectivity index (χ2n) is 7.11. The molecule has 1 atom stereocenters. The number of carbonyl (C=O) groups excluding carboxylic acids is 1. The van der Waals surface area contributed by atoms with Crippen molar-refractivity contribution in [2.24, 2.45) is 7.05 Å². The molecule has 3 aromatic rings. The number of imidazole rings is 1. The van der Waals surface area contributed by atoms with Crippen molar-refractivity contribution in [1.29, 1.82) is 0 Å². The Bertz CT molecular complexity index is 1040. The number of rotatable bonds is 5. The predicted molar refractivity (Wildman–Crippen MR) is 110 cm³/mol. The Morgan fingerprint density at radius 3 is 2.64 bits per heavy atom. The maximum atomic E-state index is 12.7. The summed E-state index contributed by atoms with van der Waals surface area (Å²) in [6.45, 7) is 1.84. The van der Waals surface area contributed by atoms with E-state index in [1.54, 1.807) is 38.4 Å². The van der Waals surface area contributed by atoms with Gasteiger partial charge in [0.1, 0.15) is 17.1 Å². The van der Waals surface area contributed by atoms with Crippen molar-refractivity contribution < 1.29 is 15.0 Å². The molecule has 1 aromatic heterocycles. The molecule has 0 radical (unpaired) electrons. The number of aryl methyl sites for hydroxylation is 2. The van der Waals surface area contributed by atoms with Crippen molar-refractivity contribution in [3.05, 3.63) is 57.9 Å². The second-order valence-corrected chi connectivity index (χ2v) is 7.52. The molecule has 1 amide bonds. The van der Waals surface area contributed by atoms with E-state index in [0.717, 1.165) is 5.82 Å². The summed E-state index contributed by atoms with van der Waals surface area (Å²) in [6, 6.07) is 8.86. The Kier molecular flexibility index (Phi) is 5.63. The maximum Gasteiger partial charge on any atom is 0.253 e. The summed E-state index contributed by atoms with van der Waals surface area (Å²) in [5.74, 6) is 0.512. The van der Waals surface area contributed by atoms with Crippen LogP contribution in [0.3, 0.4) is 0 Å². The second kappa shape index (κ2) is 7.81. The molecule has 6 nitrogen and oxygen atoms in total. The van der Waals surface area contributed by atoms with Gasteiger partial charge in [-0.05, 0) is 37.5 Å². The maximum absolute atomic E-state index is 12.7. The van der Waals surface area contributed by atoms with Gasteiger partial charge in [-0.1, -0.05) is 29.8 Å². The lowest BCUT2D eigenvalue weighted by Crippen LogP contribution is -2.23. The van der Waals surface area contributed by atoms with Gasteiger partial charge in [-0.15, -0.1) is 0 Å². The van der Waals surface area contributed by atoms with E-state index in [0.29, 0.717) is 45.6 Å². The van der Waals surface area contributed by atoms with Crippen molar-refractivity contribution in [3.8, 4) is 5.75 Å². The molecule has 7 heteroatoms. The molecule has 0 unspecified atom stereocenters. The first-order valence-electron chi connectivity index (χ1n) is 9.04. The first kappa shape index (κ1) is 20.2. The average molecular weight is 402 g/mol. The summed E-state index contributed by atoms with van der Waals surface area (Å²) in [5.41, 5.74) is 2.66. The van der Waals surface area contributed by atoms with Crippen LogP contribution in [0.25, 0.3) is 11.0 Å². The summed E-state index contributed by atoms with van der Waals surface area (Å²) >= 11 is 6.17. The lowest BCUT2D eigenvalue weighted by atomic mass is 9.95. The number of aliphatic hydroxyl groups excluding tert-OH is 1. The number of aliphatic hydroxyl groups is 1. The number of hydrogen-bond acceptors (Lipinski definition) is 4. The van der Waals surface area contributed by atoms with Crippen molar-refractivity contribution in [2.45, 2.75) is 25.9 Å². The van der Waals surface area contributed by atoms with Crippen LogP contribution in [0.2, 0.25) is 5.02 Å². The SMILES string of the molecule is Cc1nc2c(O)c(CC[C@@H](O)c3ccccc3Cl)c(C(=O)N(C)C)cc2n1C. The fraction of sp³-hybridized carbons (Fsp3) is 0.333. The fourth-order valence-corrected chi connectivity index (χ4v) is 3.59. The average Bonchev–Trinajstić information content (AvgIpc) is 2.95. The number of hydrogen-bond donors (Lipinski definition) is 2. The summed E-state index contributed by atoms with van der Waals surface area (Å²) in [6.07, 6.45) is -0.197. The Morgan fingerprint density at radius 1 is 1.32 bits per heavy atom. The minimum atomic E-state index is -0.809. The first-order chi connectivity index (χ1) is 13.2. The molecule has 0 bridgehead atoms. The van der Waals surface area contributed by atoms with E-state index in [4.69, 9.17) is 11.6 Å². The van der Waals surface area contributed by atoms with E-state index in [2.05, 4.69) is 4.98 Å². The van der Waals surface area contributed by atoms with Crippen molar-refractivity contribution in [1.82, 2.24) is 14.5 Å². The van der Waals surface area contributed by atoms with Crippen LogP contribution in [0.1, 0.15) is 39.8 Å². The van der Waals surface area contributed by atoms with E-state index in [9.17, 15) is 15.0 Å². The number of phenols is 1. The van der Waals surface area contributed by atoms with Crippen molar-refractivity contribution in [2.75, 3.05) is 14.1 Å². The number of fused-ring (bicyclic) bond motifs is 1. The molecule has 0 aliphatic carbocycles. The number of nitrogens with zero attached hydrogens (tertiary/aromatic N) is 3. The van der Waals surface area contributed by atoms with Gasteiger partial charge in [-0.25, -0.2) is 4.98 Å². The molecule has 0 fully saturated rings. The number of amides is 1. The Balaban J connectivity index is 2.03. The zero-order valence-electron chi connectivity index (χ0n) is 16.4. The summed E-state index contributed by atoms with van der Waals surface area (Å²) in [7, 11) is 5.18. The van der Waals surface area contributed by atoms with Gasteiger partial charge in [0.05, 0.1) is 11.6 Å². The minimum absolute atomic E-state index is 0.0160. The van der Waals surface area contributed by atoms with E-state index in [1.165, 1.54) is 4.90 Å². The molecule has 148 valence electrons. The number of aromatic hydroxyl groups is 1. The molecule has 28 heavy (non-hydrogen) atoms. The van der Waals surface area contributed by atoms with Crippen LogP contribution < -0.4 is 0 Å². The van der Waals surface area contributed by atoms with Gasteiger partial charge in [0, 0.05) is 37.3 Å². The molecule has 0 aliphatic rings. The van der Waals surface area contributed by atoms with E-state index in [-0.39, 0.29) is 11.7 Å². The van der Waals surface area contributed by atoms with Crippen LogP contribution in [-0.2, 0) is 13.5 Å². The quantitative estimate of drug-likeness (QED) is 0.684.